The lowest BCUT2D eigenvalue weighted by Gasteiger charge is -2.08. The first-order chi connectivity index (χ1) is 11.6. The van der Waals surface area contributed by atoms with E-state index in [0.717, 1.165) is 5.75 Å². The molecule has 1 atom stereocenters. The van der Waals surface area contributed by atoms with Crippen LogP contribution in [0.3, 0.4) is 0 Å². The molecule has 0 aliphatic carbocycles. The summed E-state index contributed by atoms with van der Waals surface area (Å²) in [7, 11) is -5.99. The van der Waals surface area contributed by atoms with Gasteiger partial charge in [-0.05, 0) is 48.6 Å². The topological polar surface area (TPSA) is 66.4 Å². The molecule has 0 saturated heterocycles. The van der Waals surface area contributed by atoms with E-state index in [4.69, 9.17) is 17.7 Å². The molecule has 0 aliphatic rings. The minimum Gasteiger partial charge on any atom is -0.741 e. The van der Waals surface area contributed by atoms with Crippen LogP contribution < -0.4 is 4.74 Å². The molecule has 0 heterocycles. The summed E-state index contributed by atoms with van der Waals surface area (Å²) < 4.78 is 64.0. The summed E-state index contributed by atoms with van der Waals surface area (Å²) in [5.41, 5.74) is -4.37. The lowest BCUT2D eigenvalue weighted by Crippen LogP contribution is -2.21. The second-order valence-electron chi connectivity index (χ2n) is 4.41. The van der Waals surface area contributed by atoms with Gasteiger partial charge in [-0.25, -0.2) is 8.42 Å². The third-order valence-corrected chi connectivity index (χ3v) is 5.36. The Morgan fingerprint density at radius 1 is 1.04 bits per heavy atom. The molecule has 0 radical (unpaired) electrons. The van der Waals surface area contributed by atoms with E-state index in [1.165, 1.54) is 15.3 Å². The average Bonchev–Trinajstić information content (AvgIpc) is 2.55. The van der Waals surface area contributed by atoms with Gasteiger partial charge in [0.25, 0.3) is 0 Å². The van der Waals surface area contributed by atoms with E-state index in [-0.39, 0.29) is 10.9 Å². The smallest absolute Gasteiger partial charge is 0.485 e. The van der Waals surface area contributed by atoms with Crippen molar-refractivity contribution in [2.45, 2.75) is 15.3 Å². The zero-order chi connectivity index (χ0) is 19.1. The molecule has 2 rings (SSSR count). The highest BCUT2D eigenvalue weighted by Gasteiger charge is 2.36. The number of thiocarbonyl (C=S) groups is 1. The van der Waals surface area contributed by atoms with Gasteiger partial charge in [0.15, 0.2) is 25.5 Å². The van der Waals surface area contributed by atoms with E-state index in [1.807, 2.05) is 18.2 Å². The van der Waals surface area contributed by atoms with E-state index in [9.17, 15) is 13.2 Å². The number of hydrogen-bond donors (Lipinski definition) is 0. The molecule has 0 amide bonds. The Morgan fingerprint density at radius 2 is 1.48 bits per heavy atom. The number of halogens is 3. The van der Waals surface area contributed by atoms with Crippen LogP contribution in [-0.2, 0) is 21.0 Å². The molecule has 4 nitrogen and oxygen atoms in total. The molecule has 10 heteroatoms. The molecule has 0 N–H and O–H groups in total. The van der Waals surface area contributed by atoms with Crippen LogP contribution in [0.15, 0.2) is 64.4 Å². The summed E-state index contributed by atoms with van der Waals surface area (Å²) in [4.78, 5) is 2.64. The fourth-order valence-electron chi connectivity index (χ4n) is 1.54. The Hall–Kier alpha value is -1.62. The van der Waals surface area contributed by atoms with Crippen molar-refractivity contribution in [3.05, 3.63) is 54.6 Å². The molecule has 0 fully saturated rings. The van der Waals surface area contributed by atoms with Crippen LogP contribution in [0.5, 0.6) is 5.75 Å². The third-order valence-electron chi connectivity index (χ3n) is 2.74. The molecule has 25 heavy (non-hydrogen) atoms. The van der Waals surface area contributed by atoms with Crippen molar-refractivity contribution < 1.29 is 30.9 Å². The van der Waals surface area contributed by atoms with Crippen molar-refractivity contribution in [3.63, 3.8) is 0 Å². The molecule has 0 bridgehead atoms. The van der Waals surface area contributed by atoms with Crippen LogP contribution in [0, 0.1) is 0 Å². The zero-order valence-electron chi connectivity index (χ0n) is 12.8. The second-order valence-corrected chi connectivity index (χ2v) is 7.94. The Morgan fingerprint density at radius 3 is 1.88 bits per heavy atom. The molecule has 0 aliphatic heterocycles. The summed E-state index contributed by atoms with van der Waals surface area (Å²) in [6.07, 6.45) is 2.23. The minimum absolute atomic E-state index is 0.0992. The summed E-state index contributed by atoms with van der Waals surface area (Å²) in [5, 5.41) is 0. The number of hydrogen-bond acceptors (Lipinski definition) is 5. The van der Waals surface area contributed by atoms with Crippen molar-refractivity contribution in [2.24, 2.45) is 0 Å². The van der Waals surface area contributed by atoms with Gasteiger partial charge in [0.1, 0.15) is 12.0 Å². The van der Waals surface area contributed by atoms with Gasteiger partial charge in [0.2, 0.25) is 0 Å². The van der Waals surface area contributed by atoms with Gasteiger partial charge in [0.05, 0.1) is 10.9 Å². The predicted octanol–water partition coefficient (Wildman–Crippen LogP) is 3.74. The largest absolute Gasteiger partial charge is 0.741 e. The van der Waals surface area contributed by atoms with E-state index in [0.29, 0.717) is 0 Å². The summed E-state index contributed by atoms with van der Waals surface area (Å²) in [6, 6.07) is 18.6. The van der Waals surface area contributed by atoms with Crippen LogP contribution in [-0.4, -0.2) is 30.3 Å². The highest BCUT2D eigenvalue weighted by Crippen LogP contribution is 2.23. The highest BCUT2D eigenvalue weighted by molar-refractivity contribution is 7.96. The van der Waals surface area contributed by atoms with Crippen LogP contribution >= 0.6 is 12.2 Å². The maximum Gasteiger partial charge on any atom is 0.485 e. The van der Waals surface area contributed by atoms with E-state index in [1.54, 1.807) is 0 Å². The number of benzene rings is 2. The molecule has 0 spiro atoms. The Bertz CT molecular complexity index is 776. The second kappa shape index (κ2) is 9.18. The molecular weight excluding hydrogens is 397 g/mol. The predicted molar refractivity (Wildman–Crippen MR) is 92.7 cm³/mol. The van der Waals surface area contributed by atoms with Crippen LogP contribution in [0.2, 0.25) is 0 Å². The maximum atomic E-state index is 10.7. The van der Waals surface area contributed by atoms with E-state index >= 15 is 0 Å². The van der Waals surface area contributed by atoms with Gasteiger partial charge in [0, 0.05) is 0 Å². The van der Waals surface area contributed by atoms with Gasteiger partial charge < -0.3 is 9.29 Å². The van der Waals surface area contributed by atoms with E-state index < -0.39 is 15.6 Å². The van der Waals surface area contributed by atoms with Crippen molar-refractivity contribution in [3.8, 4) is 5.75 Å². The first-order valence-electron chi connectivity index (χ1n) is 6.50. The van der Waals surface area contributed by atoms with Gasteiger partial charge >= 0.3 is 5.51 Å². The molecule has 2 aromatic rings. The first kappa shape index (κ1) is 21.4. The number of rotatable bonds is 4. The zero-order valence-corrected chi connectivity index (χ0v) is 15.2. The number of ether oxygens (including phenoxy) is 1. The summed E-state index contributed by atoms with van der Waals surface area (Å²) in [5.74, 6) is 0.786. The fraction of sp³-hybridized carbons (Fsp3) is 0.133. The Balaban J connectivity index is 0.000000333. The summed E-state index contributed by atoms with van der Waals surface area (Å²) in [6.45, 7) is 0. The third kappa shape index (κ3) is 7.02. The van der Waals surface area contributed by atoms with Crippen molar-refractivity contribution in [2.75, 3.05) is 6.26 Å². The summed E-state index contributed by atoms with van der Waals surface area (Å²) >= 11 is 4.65. The lowest BCUT2D eigenvalue weighted by molar-refractivity contribution is -0.0517. The molecule has 1 unspecified atom stereocenters. The quantitative estimate of drug-likeness (QED) is 0.333. The normalized spacial score (nSPS) is 12.5. The molecule has 2 aromatic carbocycles. The van der Waals surface area contributed by atoms with Crippen molar-refractivity contribution in [1.82, 2.24) is 0 Å². The standard InChI is InChI=1S/C14H13OS2.CHF3O3S/c1-17(13-5-3-2-4-6-13)14-9-7-12(8-10-14)15-11-16;2-1(3,4)8(5,6)7/h2-11H,1H3;(H,5,6,7)/q+1;/p-1. The van der Waals surface area contributed by atoms with Gasteiger partial charge in [-0.1, -0.05) is 18.2 Å². The maximum absolute atomic E-state index is 10.7. The van der Waals surface area contributed by atoms with Crippen LogP contribution in [0.4, 0.5) is 13.2 Å². The monoisotopic (exact) mass is 410 g/mol. The van der Waals surface area contributed by atoms with Gasteiger partial charge in [-0.15, -0.1) is 0 Å². The van der Waals surface area contributed by atoms with Gasteiger partial charge in [-0.3, -0.25) is 0 Å². The molecule has 136 valence electrons. The van der Waals surface area contributed by atoms with Crippen molar-refractivity contribution >= 4 is 38.8 Å². The molecule has 0 aromatic heterocycles. The highest BCUT2D eigenvalue weighted by atomic mass is 32.2. The average molecular weight is 410 g/mol. The fourth-order valence-corrected chi connectivity index (χ4v) is 3.03. The lowest BCUT2D eigenvalue weighted by atomic mass is 10.3. The van der Waals surface area contributed by atoms with Crippen LogP contribution in [0.1, 0.15) is 0 Å². The van der Waals surface area contributed by atoms with Crippen LogP contribution in [0.25, 0.3) is 0 Å². The van der Waals surface area contributed by atoms with E-state index in [2.05, 4.69) is 54.9 Å². The number of alkyl halides is 3. The van der Waals surface area contributed by atoms with Gasteiger partial charge in [-0.2, -0.15) is 13.2 Å². The molecular formula is C15H13F3O4S3. The Labute approximate surface area is 151 Å². The van der Waals surface area contributed by atoms with Crippen molar-refractivity contribution in [1.29, 1.82) is 0 Å². The SMILES string of the molecule is C[S+](c1ccccc1)c1ccc(OC=S)cc1.O=S(=O)([O-])C(F)(F)F. The minimum atomic E-state index is -6.09. The molecule has 0 saturated carbocycles. The Kier molecular flexibility index (Phi) is 7.87. The first-order valence-corrected chi connectivity index (χ1v) is 10.0.